The predicted molar refractivity (Wildman–Crippen MR) is 124 cm³/mol. The minimum Gasteiger partial charge on any atom is -0.493 e. The van der Waals surface area contributed by atoms with Gasteiger partial charge in [-0.05, 0) is 61.9 Å². The Morgan fingerprint density at radius 3 is 2.68 bits per heavy atom. The molecule has 6 heteroatoms. The molecule has 1 aliphatic rings. The number of nitrogens with one attached hydrogen (secondary N) is 1. The summed E-state index contributed by atoms with van der Waals surface area (Å²) < 4.78 is 11.5. The Morgan fingerprint density at radius 2 is 1.87 bits per heavy atom. The molecule has 158 valence electrons. The topological polar surface area (TPSA) is 64.2 Å². The fraction of sp³-hybridized carbons (Fsp3) is 0.280. The third-order valence-corrected chi connectivity index (χ3v) is 6.96. The molecule has 2 aromatic heterocycles. The van der Waals surface area contributed by atoms with Crippen LogP contribution in [-0.4, -0.2) is 17.1 Å². The zero-order valence-corrected chi connectivity index (χ0v) is 18.5. The van der Waals surface area contributed by atoms with Crippen molar-refractivity contribution in [3.8, 4) is 22.9 Å². The molecule has 0 amide bonds. The van der Waals surface area contributed by atoms with E-state index in [1.807, 2.05) is 18.2 Å². The van der Waals surface area contributed by atoms with Crippen LogP contribution in [0.2, 0.25) is 0 Å². The predicted octanol–water partition coefficient (Wildman–Crippen LogP) is 5.43. The highest BCUT2D eigenvalue weighted by Crippen LogP contribution is 2.36. The molecule has 0 aliphatic heterocycles. The second kappa shape index (κ2) is 8.19. The second-order valence-electron chi connectivity index (χ2n) is 7.95. The minimum atomic E-state index is -0.0573. The molecular formula is C25H24N2O3S. The molecule has 0 spiro atoms. The van der Waals surface area contributed by atoms with Gasteiger partial charge in [-0.25, -0.2) is 4.98 Å². The maximum absolute atomic E-state index is 12.9. The van der Waals surface area contributed by atoms with E-state index >= 15 is 0 Å². The maximum atomic E-state index is 12.9. The Morgan fingerprint density at radius 1 is 1.06 bits per heavy atom. The van der Waals surface area contributed by atoms with Crippen LogP contribution in [0.1, 0.15) is 34.4 Å². The van der Waals surface area contributed by atoms with E-state index in [0.29, 0.717) is 23.9 Å². The van der Waals surface area contributed by atoms with Crippen molar-refractivity contribution in [3.05, 3.63) is 74.4 Å². The van der Waals surface area contributed by atoms with Crippen molar-refractivity contribution in [1.29, 1.82) is 0 Å². The summed E-state index contributed by atoms with van der Waals surface area (Å²) in [6, 6.07) is 13.9. The summed E-state index contributed by atoms with van der Waals surface area (Å²) in [5, 5.41) is 0.772. The first-order valence-corrected chi connectivity index (χ1v) is 11.4. The average Bonchev–Trinajstić information content (AvgIpc) is 3.17. The number of thiophene rings is 1. The Hall–Kier alpha value is -3.12. The van der Waals surface area contributed by atoms with E-state index in [9.17, 15) is 4.79 Å². The van der Waals surface area contributed by atoms with Crippen LogP contribution in [0.4, 0.5) is 0 Å². The van der Waals surface area contributed by atoms with E-state index < -0.39 is 0 Å². The van der Waals surface area contributed by atoms with E-state index in [1.54, 1.807) is 18.4 Å². The zero-order valence-electron chi connectivity index (χ0n) is 17.7. The van der Waals surface area contributed by atoms with Crippen molar-refractivity contribution in [3.63, 3.8) is 0 Å². The van der Waals surface area contributed by atoms with Gasteiger partial charge in [0.1, 0.15) is 17.3 Å². The van der Waals surface area contributed by atoms with Gasteiger partial charge in [0.15, 0.2) is 11.5 Å². The molecule has 2 heterocycles. The van der Waals surface area contributed by atoms with Crippen LogP contribution < -0.4 is 15.0 Å². The van der Waals surface area contributed by atoms with E-state index in [2.05, 4.69) is 36.2 Å². The van der Waals surface area contributed by atoms with Crippen LogP contribution in [-0.2, 0) is 19.4 Å². The number of H-pyrrole nitrogens is 1. The van der Waals surface area contributed by atoms with Gasteiger partial charge >= 0.3 is 0 Å². The molecule has 5 nitrogen and oxygen atoms in total. The zero-order chi connectivity index (χ0) is 21.4. The molecule has 0 fully saturated rings. The van der Waals surface area contributed by atoms with Gasteiger partial charge in [0, 0.05) is 10.4 Å². The van der Waals surface area contributed by atoms with Crippen molar-refractivity contribution < 1.29 is 9.47 Å². The fourth-order valence-electron chi connectivity index (χ4n) is 4.08. The molecule has 0 saturated carbocycles. The van der Waals surface area contributed by atoms with Crippen LogP contribution in [0, 0.1) is 6.92 Å². The number of aryl methyl sites for hydroxylation is 3. The number of hydrogen-bond acceptors (Lipinski definition) is 5. The van der Waals surface area contributed by atoms with Crippen LogP contribution >= 0.6 is 11.3 Å². The highest BCUT2D eigenvalue weighted by molar-refractivity contribution is 7.18. The number of aromatic amines is 1. The van der Waals surface area contributed by atoms with Crippen LogP contribution in [0.5, 0.6) is 11.5 Å². The number of hydrogen-bond donors (Lipinski definition) is 1. The first-order chi connectivity index (χ1) is 15.1. The first-order valence-electron chi connectivity index (χ1n) is 10.5. The van der Waals surface area contributed by atoms with E-state index in [-0.39, 0.29) is 5.56 Å². The smallest absolute Gasteiger partial charge is 0.260 e. The molecule has 2 aromatic carbocycles. The Bertz CT molecular complexity index is 1310. The highest BCUT2D eigenvalue weighted by Gasteiger charge is 2.20. The molecule has 4 aromatic rings. The third kappa shape index (κ3) is 3.83. The van der Waals surface area contributed by atoms with Crippen LogP contribution in [0.3, 0.4) is 0 Å². The standard InChI is InChI=1S/C25H24N2O3S/c1-15-7-9-16(10-8-15)14-30-19-12-11-17(13-20(19)29-2)23-26-24(28)22-18-5-3-4-6-21(18)31-25(22)27-23/h7-13H,3-6,14H2,1-2H3,(H,26,27,28). The minimum absolute atomic E-state index is 0.0573. The molecular weight excluding hydrogens is 408 g/mol. The summed E-state index contributed by atoms with van der Waals surface area (Å²) >= 11 is 1.66. The van der Waals surface area contributed by atoms with Crippen molar-refractivity contribution >= 4 is 21.6 Å². The summed E-state index contributed by atoms with van der Waals surface area (Å²) in [5.74, 6) is 1.82. The molecule has 0 unspecified atom stereocenters. The van der Waals surface area contributed by atoms with Gasteiger partial charge < -0.3 is 14.5 Å². The molecule has 0 atom stereocenters. The molecule has 31 heavy (non-hydrogen) atoms. The highest BCUT2D eigenvalue weighted by atomic mass is 32.1. The number of nitrogens with zero attached hydrogens (tertiary/aromatic N) is 1. The lowest BCUT2D eigenvalue weighted by Gasteiger charge is -2.12. The monoisotopic (exact) mass is 432 g/mol. The third-order valence-electron chi connectivity index (χ3n) is 5.78. The number of benzene rings is 2. The second-order valence-corrected chi connectivity index (χ2v) is 9.03. The van der Waals surface area contributed by atoms with Gasteiger partial charge in [-0.3, -0.25) is 4.79 Å². The maximum Gasteiger partial charge on any atom is 0.260 e. The first kappa shape index (κ1) is 19.8. The summed E-state index contributed by atoms with van der Waals surface area (Å²) in [6.45, 7) is 2.52. The summed E-state index contributed by atoms with van der Waals surface area (Å²) in [4.78, 5) is 22.8. The number of aromatic nitrogens is 2. The van der Waals surface area contributed by atoms with Crippen molar-refractivity contribution in [2.45, 2.75) is 39.2 Å². The van der Waals surface area contributed by atoms with E-state index in [0.717, 1.165) is 40.6 Å². The Kier molecular flexibility index (Phi) is 5.24. The summed E-state index contributed by atoms with van der Waals surface area (Å²) in [7, 11) is 1.62. The SMILES string of the molecule is COc1cc(-c2nc3sc4c(c3c(=O)[nH]2)CCCC4)ccc1OCc1ccc(C)cc1. The lowest BCUT2D eigenvalue weighted by atomic mass is 9.97. The van der Waals surface area contributed by atoms with Gasteiger partial charge in [0.25, 0.3) is 5.56 Å². The summed E-state index contributed by atoms with van der Waals surface area (Å²) in [6.07, 6.45) is 4.35. The average molecular weight is 433 g/mol. The number of ether oxygens (including phenoxy) is 2. The van der Waals surface area contributed by atoms with E-state index in [1.165, 1.54) is 22.4 Å². The molecule has 5 rings (SSSR count). The molecule has 0 saturated heterocycles. The largest absolute Gasteiger partial charge is 0.493 e. The van der Waals surface area contributed by atoms with Gasteiger partial charge in [-0.1, -0.05) is 29.8 Å². The number of rotatable bonds is 5. The Balaban J connectivity index is 1.45. The lowest BCUT2D eigenvalue weighted by Crippen LogP contribution is -2.11. The molecule has 0 bridgehead atoms. The van der Waals surface area contributed by atoms with Crippen LogP contribution in [0.25, 0.3) is 21.6 Å². The van der Waals surface area contributed by atoms with E-state index in [4.69, 9.17) is 14.5 Å². The van der Waals surface area contributed by atoms with Gasteiger partial charge in [-0.15, -0.1) is 11.3 Å². The number of methoxy groups -OCH3 is 1. The summed E-state index contributed by atoms with van der Waals surface area (Å²) in [5.41, 5.74) is 4.25. The normalized spacial score (nSPS) is 13.2. The molecule has 0 radical (unpaired) electrons. The molecule has 1 N–H and O–H groups in total. The Labute approximate surface area is 184 Å². The van der Waals surface area contributed by atoms with Crippen molar-refractivity contribution in [1.82, 2.24) is 9.97 Å². The number of fused-ring (bicyclic) bond motifs is 3. The van der Waals surface area contributed by atoms with Gasteiger partial charge in [-0.2, -0.15) is 0 Å². The lowest BCUT2D eigenvalue weighted by molar-refractivity contribution is 0.284. The molecule has 1 aliphatic carbocycles. The van der Waals surface area contributed by atoms with Gasteiger partial charge in [0.2, 0.25) is 0 Å². The quantitative estimate of drug-likeness (QED) is 0.457. The fourth-order valence-corrected chi connectivity index (χ4v) is 5.34. The van der Waals surface area contributed by atoms with Crippen LogP contribution in [0.15, 0.2) is 47.3 Å². The van der Waals surface area contributed by atoms with Crippen molar-refractivity contribution in [2.24, 2.45) is 0 Å². The van der Waals surface area contributed by atoms with Crippen molar-refractivity contribution in [2.75, 3.05) is 7.11 Å². The van der Waals surface area contributed by atoms with Gasteiger partial charge in [0.05, 0.1) is 12.5 Å².